The number of carboxylic acid groups (broad SMARTS) is 1. The molecule has 0 radical (unpaired) electrons. The maximum atomic E-state index is 13.4. The first-order chi connectivity index (χ1) is 20.1. The van der Waals surface area contributed by atoms with Gasteiger partial charge in [-0.25, -0.2) is 13.2 Å². The first-order valence-corrected chi connectivity index (χ1v) is 17.4. The van der Waals surface area contributed by atoms with Gasteiger partial charge in [0.15, 0.2) is 0 Å². The maximum Gasteiger partial charge on any atom is 0.326 e. The molecule has 0 spiro atoms. The summed E-state index contributed by atoms with van der Waals surface area (Å²) in [5, 5.41) is 12.2. The minimum absolute atomic E-state index is 0.197. The van der Waals surface area contributed by atoms with Crippen molar-refractivity contribution in [1.82, 2.24) is 10.2 Å². The lowest BCUT2D eigenvalue weighted by atomic mass is 9.93. The van der Waals surface area contributed by atoms with E-state index in [9.17, 15) is 23.1 Å². The number of aryl methyl sites for hydroxylation is 1. The molecule has 232 valence electrons. The Balaban J connectivity index is 0.00000237. The zero-order valence-corrected chi connectivity index (χ0v) is 26.4. The average molecular weight is 601 g/mol. The molecule has 2 atom stereocenters. The molecule has 1 amide bonds. The maximum absolute atomic E-state index is 13.4. The van der Waals surface area contributed by atoms with E-state index in [-0.39, 0.29) is 12.2 Å². The van der Waals surface area contributed by atoms with Gasteiger partial charge in [-0.3, -0.25) is 9.69 Å². The molecule has 0 aromatic heterocycles. The Hall–Kier alpha value is -2.75. The van der Waals surface area contributed by atoms with E-state index >= 15 is 0 Å². The van der Waals surface area contributed by atoms with Gasteiger partial charge in [-0.1, -0.05) is 63.4 Å². The average Bonchev–Trinajstić information content (AvgIpc) is 3.42. The Morgan fingerprint density at radius 1 is 1.02 bits per heavy atom. The van der Waals surface area contributed by atoms with E-state index in [1.54, 1.807) is 6.07 Å². The van der Waals surface area contributed by atoms with Crippen molar-refractivity contribution in [2.24, 2.45) is 0 Å². The highest BCUT2D eigenvalue weighted by Crippen LogP contribution is 2.30. The number of aliphatic carboxylic acids is 1. The van der Waals surface area contributed by atoms with Crippen LogP contribution in [0, 0.1) is 6.92 Å². The highest BCUT2D eigenvalue weighted by molar-refractivity contribution is 7.90. The van der Waals surface area contributed by atoms with E-state index in [2.05, 4.69) is 10.2 Å². The lowest BCUT2D eigenvalue weighted by Gasteiger charge is -2.28. The summed E-state index contributed by atoms with van der Waals surface area (Å²) in [7, 11) is -3.37. The molecule has 1 heterocycles. The Bertz CT molecular complexity index is 1290. The molecule has 42 heavy (non-hydrogen) atoms. The molecule has 1 saturated carbocycles. The minimum Gasteiger partial charge on any atom is -0.480 e. The quantitative estimate of drug-likeness (QED) is 0.325. The number of carbonyl (C=O) groups excluding carboxylic acids is 1. The smallest absolute Gasteiger partial charge is 0.326 e. The van der Waals surface area contributed by atoms with Gasteiger partial charge in [-0.2, -0.15) is 0 Å². The fourth-order valence-corrected chi connectivity index (χ4v) is 6.48. The topological polar surface area (TPSA) is 113 Å². The van der Waals surface area contributed by atoms with Gasteiger partial charge in [-0.05, 0) is 80.0 Å². The Labute approximate surface area is 251 Å². The predicted octanol–water partition coefficient (Wildman–Crippen LogP) is 5.62. The van der Waals surface area contributed by atoms with E-state index in [1.165, 1.54) is 19.3 Å². The van der Waals surface area contributed by atoms with Gasteiger partial charge in [0.2, 0.25) is 0 Å². The third-order valence-corrected chi connectivity index (χ3v) is 9.08. The summed E-state index contributed by atoms with van der Waals surface area (Å²) in [6.07, 6.45) is 9.62. The number of rotatable bonds is 12. The monoisotopic (exact) mass is 600 g/mol. The number of carboxylic acids is 1. The summed E-state index contributed by atoms with van der Waals surface area (Å²) in [6, 6.07) is 12.6. The van der Waals surface area contributed by atoms with Crippen LogP contribution in [0.4, 0.5) is 0 Å². The van der Waals surface area contributed by atoms with E-state index in [0.717, 1.165) is 73.9 Å². The van der Waals surface area contributed by atoms with Gasteiger partial charge in [0.25, 0.3) is 5.91 Å². The summed E-state index contributed by atoms with van der Waals surface area (Å²) in [5.41, 5.74) is 4.07. The molecule has 8 nitrogen and oxygen atoms in total. The Kier molecular flexibility index (Phi) is 13.0. The van der Waals surface area contributed by atoms with Gasteiger partial charge in [0.1, 0.15) is 15.9 Å². The number of benzene rings is 2. The molecule has 2 aromatic rings. The van der Waals surface area contributed by atoms with Crippen LogP contribution in [0.1, 0.15) is 86.7 Å². The molecule has 2 unspecified atom stereocenters. The lowest BCUT2D eigenvalue weighted by Crippen LogP contribution is -2.42. The number of nitrogens with one attached hydrogen (secondary N) is 1. The Morgan fingerprint density at radius 3 is 2.40 bits per heavy atom. The van der Waals surface area contributed by atoms with Crippen molar-refractivity contribution in [3.05, 3.63) is 59.2 Å². The second kappa shape index (κ2) is 16.2. The van der Waals surface area contributed by atoms with E-state index in [1.807, 2.05) is 57.2 Å². The highest BCUT2D eigenvalue weighted by atomic mass is 32.2. The van der Waals surface area contributed by atoms with Crippen LogP contribution in [-0.2, 0) is 25.9 Å². The van der Waals surface area contributed by atoms with E-state index in [4.69, 9.17) is 4.74 Å². The van der Waals surface area contributed by atoms with Crippen LogP contribution >= 0.6 is 0 Å². The van der Waals surface area contributed by atoms with Crippen LogP contribution < -0.4 is 5.32 Å². The van der Waals surface area contributed by atoms with Crippen LogP contribution in [0.5, 0.6) is 0 Å². The van der Waals surface area contributed by atoms with Crippen molar-refractivity contribution in [1.29, 1.82) is 0 Å². The molecule has 1 aliphatic heterocycles. The lowest BCUT2D eigenvalue weighted by molar-refractivity contribution is -0.139. The highest BCUT2D eigenvalue weighted by Gasteiger charge is 2.28. The second-order valence-electron chi connectivity index (χ2n) is 11.3. The number of hydrogen-bond donors (Lipinski definition) is 2. The molecule has 2 aromatic carbocycles. The molecule has 2 N–H and O–H groups in total. The molecular formula is C33H48N2O6S. The summed E-state index contributed by atoms with van der Waals surface area (Å²) in [6.45, 7) is 8.47. The first-order valence-electron chi connectivity index (χ1n) is 15.4. The van der Waals surface area contributed by atoms with Crippen LogP contribution in [0.25, 0.3) is 11.1 Å². The number of likely N-dealkylation sites (tertiary alicyclic amines) is 1. The fraction of sp³-hybridized carbons (Fsp3) is 0.576. The van der Waals surface area contributed by atoms with Crippen molar-refractivity contribution in [3.8, 4) is 11.1 Å². The SMILES string of the molecule is CC.Cc1ccccc1-c1cc(CN2CCCC2COC2CCCCC2)ccc1C(=O)NC(CCS(C)(=O)=O)C(=O)O. The number of nitrogens with zero attached hydrogens (tertiary/aromatic N) is 1. The third-order valence-electron chi connectivity index (χ3n) is 8.11. The van der Waals surface area contributed by atoms with Gasteiger partial charge >= 0.3 is 5.97 Å². The van der Waals surface area contributed by atoms with Gasteiger partial charge in [-0.15, -0.1) is 0 Å². The summed E-state index contributed by atoms with van der Waals surface area (Å²) in [4.78, 5) is 27.6. The van der Waals surface area contributed by atoms with Crippen LogP contribution in [0.2, 0.25) is 0 Å². The number of sulfone groups is 1. The van der Waals surface area contributed by atoms with Crippen LogP contribution in [0.15, 0.2) is 42.5 Å². The standard InChI is InChI=1S/C31H42N2O6S.C2H6/c1-22-9-6-7-13-26(22)28-19-23(20-33-17-8-10-24(33)21-39-25-11-4-3-5-12-25)14-15-27(28)30(34)32-29(31(35)36)16-18-40(2,37)38;1-2/h6-7,9,13-15,19,24-25,29H,3-5,8,10-12,16-18,20-21H2,1-2H3,(H,32,34)(H,35,36);1-2H3. The normalized spacial score (nSPS) is 18.6. The first kappa shape index (κ1) is 33.7. The molecular weight excluding hydrogens is 552 g/mol. The van der Waals surface area contributed by atoms with E-state index in [0.29, 0.717) is 17.7 Å². The van der Waals surface area contributed by atoms with Crippen molar-refractivity contribution >= 4 is 21.7 Å². The number of hydrogen-bond acceptors (Lipinski definition) is 6. The number of amides is 1. The summed E-state index contributed by atoms with van der Waals surface area (Å²) < 4.78 is 29.5. The van der Waals surface area contributed by atoms with Crippen molar-refractivity contribution < 1.29 is 27.9 Å². The molecule has 1 saturated heterocycles. The molecule has 2 fully saturated rings. The molecule has 0 bridgehead atoms. The number of ether oxygens (including phenoxy) is 1. The van der Waals surface area contributed by atoms with Crippen molar-refractivity contribution in [2.75, 3.05) is 25.2 Å². The summed E-state index contributed by atoms with van der Waals surface area (Å²) >= 11 is 0. The van der Waals surface area contributed by atoms with Crippen LogP contribution in [0.3, 0.4) is 0 Å². The predicted molar refractivity (Wildman–Crippen MR) is 167 cm³/mol. The molecule has 1 aliphatic carbocycles. The minimum atomic E-state index is -3.37. The zero-order chi connectivity index (χ0) is 30.7. The van der Waals surface area contributed by atoms with Crippen molar-refractivity contribution in [2.45, 2.75) is 96.9 Å². The molecule has 4 rings (SSSR count). The Morgan fingerprint density at radius 2 is 1.74 bits per heavy atom. The number of carbonyl (C=O) groups is 2. The van der Waals surface area contributed by atoms with Gasteiger partial charge < -0.3 is 15.2 Å². The molecule has 2 aliphatic rings. The zero-order valence-electron chi connectivity index (χ0n) is 25.6. The van der Waals surface area contributed by atoms with Crippen molar-refractivity contribution in [3.63, 3.8) is 0 Å². The summed E-state index contributed by atoms with van der Waals surface area (Å²) in [5.74, 6) is -2.12. The third kappa shape index (κ3) is 9.92. The second-order valence-corrected chi connectivity index (χ2v) is 13.6. The molecule has 9 heteroatoms. The van der Waals surface area contributed by atoms with Gasteiger partial charge in [0, 0.05) is 24.4 Å². The fourth-order valence-electron chi connectivity index (χ4n) is 5.82. The largest absolute Gasteiger partial charge is 0.480 e. The van der Waals surface area contributed by atoms with Crippen LogP contribution in [-0.4, -0.2) is 73.6 Å². The van der Waals surface area contributed by atoms with E-state index < -0.39 is 27.8 Å². The van der Waals surface area contributed by atoms with Gasteiger partial charge in [0.05, 0.1) is 18.5 Å².